The van der Waals surface area contributed by atoms with Crippen LogP contribution in [0.1, 0.15) is 18.4 Å². The number of nitrogens with two attached hydrogens (primary N) is 1. The Bertz CT molecular complexity index is 308. The first-order valence-corrected chi connectivity index (χ1v) is 4.74. The molecule has 1 aliphatic rings. The van der Waals surface area contributed by atoms with Crippen LogP contribution in [-0.4, -0.2) is 18.1 Å². The van der Waals surface area contributed by atoms with E-state index in [0.29, 0.717) is 0 Å². The summed E-state index contributed by atoms with van der Waals surface area (Å²) >= 11 is 0. The molecule has 0 amide bonds. The van der Waals surface area contributed by atoms with Gasteiger partial charge in [-0.05, 0) is 31.4 Å². The predicted molar refractivity (Wildman–Crippen MR) is 54.8 cm³/mol. The molecule has 0 unspecified atom stereocenters. The van der Waals surface area contributed by atoms with Crippen molar-refractivity contribution < 1.29 is 20.4 Å². The first-order valence-electron chi connectivity index (χ1n) is 4.74. The van der Waals surface area contributed by atoms with Gasteiger partial charge in [-0.25, -0.2) is 4.98 Å². The van der Waals surface area contributed by atoms with Crippen LogP contribution in [0.15, 0.2) is 12.3 Å². The van der Waals surface area contributed by atoms with Gasteiger partial charge in [-0.2, -0.15) is 0 Å². The van der Waals surface area contributed by atoms with Crippen molar-refractivity contribution in [1.29, 1.82) is 0 Å². The molecule has 1 aromatic rings. The van der Waals surface area contributed by atoms with Crippen molar-refractivity contribution in [3.05, 3.63) is 17.8 Å². The van der Waals surface area contributed by atoms with Crippen LogP contribution >= 0.6 is 0 Å². The van der Waals surface area contributed by atoms with E-state index in [9.17, 15) is 0 Å². The zero-order chi connectivity index (χ0) is 9.26. The van der Waals surface area contributed by atoms with E-state index in [1.807, 2.05) is 6.92 Å². The molecule has 4 heteroatoms. The number of hydrogen-bond donors (Lipinski definition) is 1. The van der Waals surface area contributed by atoms with Crippen LogP contribution in [0.5, 0.6) is 0 Å². The fourth-order valence-corrected chi connectivity index (χ4v) is 1.67. The van der Waals surface area contributed by atoms with Crippen LogP contribution in [0, 0.1) is 6.92 Å². The van der Waals surface area contributed by atoms with Crippen molar-refractivity contribution in [1.82, 2.24) is 4.98 Å². The number of anilines is 2. The van der Waals surface area contributed by atoms with Gasteiger partial charge in [0.1, 0.15) is 5.82 Å². The molecule has 14 heavy (non-hydrogen) atoms. The third-order valence-electron chi connectivity index (χ3n) is 2.57. The number of hydrogen-bond acceptors (Lipinski definition) is 3. The Kier molecular flexibility index (Phi) is 3.91. The molecular formula is C10H15N3Pd. The number of nitrogens with zero attached hydrogens (tertiary/aromatic N) is 2. The summed E-state index contributed by atoms with van der Waals surface area (Å²) in [6.07, 6.45) is 4.32. The van der Waals surface area contributed by atoms with Crippen molar-refractivity contribution in [3.8, 4) is 0 Å². The third-order valence-corrected chi connectivity index (χ3v) is 2.57. The molecule has 0 saturated carbocycles. The Morgan fingerprint density at radius 1 is 1.36 bits per heavy atom. The monoisotopic (exact) mass is 283 g/mol. The summed E-state index contributed by atoms with van der Waals surface area (Å²) in [5.41, 5.74) is 7.61. The molecule has 0 aliphatic carbocycles. The fourth-order valence-electron chi connectivity index (χ4n) is 1.67. The van der Waals surface area contributed by atoms with Crippen LogP contribution in [0.2, 0.25) is 0 Å². The van der Waals surface area contributed by atoms with E-state index in [0.717, 1.165) is 30.2 Å². The van der Waals surface area contributed by atoms with Gasteiger partial charge in [-0.15, -0.1) is 0 Å². The third kappa shape index (κ3) is 2.26. The Morgan fingerprint density at radius 3 is 2.57 bits per heavy atom. The van der Waals surface area contributed by atoms with Gasteiger partial charge in [0, 0.05) is 33.5 Å². The number of rotatable bonds is 1. The normalized spacial score (nSPS) is 15.4. The minimum atomic E-state index is 0. The number of aromatic nitrogens is 1. The van der Waals surface area contributed by atoms with Crippen molar-refractivity contribution in [2.24, 2.45) is 0 Å². The standard InChI is InChI=1S/C10H15N3.Pd/c1-8-6-10(12-7-9(8)11)13-4-2-3-5-13;/h6-7H,2-5,11H2,1H3;. The quantitative estimate of drug-likeness (QED) is 0.796. The van der Waals surface area contributed by atoms with Gasteiger partial charge < -0.3 is 10.6 Å². The van der Waals surface area contributed by atoms with E-state index in [2.05, 4.69) is 16.0 Å². The molecule has 0 atom stereocenters. The maximum Gasteiger partial charge on any atom is 0.128 e. The average Bonchev–Trinajstić information content (AvgIpc) is 2.62. The van der Waals surface area contributed by atoms with Gasteiger partial charge in [-0.3, -0.25) is 0 Å². The Hall–Kier alpha value is -0.588. The van der Waals surface area contributed by atoms with Crippen molar-refractivity contribution in [3.63, 3.8) is 0 Å². The maximum atomic E-state index is 5.71. The molecule has 0 spiro atoms. The number of nitrogen functional groups attached to an aromatic ring is 1. The van der Waals surface area contributed by atoms with E-state index in [1.165, 1.54) is 12.8 Å². The molecule has 1 aliphatic heterocycles. The van der Waals surface area contributed by atoms with Crippen LogP contribution in [0.4, 0.5) is 11.5 Å². The zero-order valence-corrected chi connectivity index (χ0v) is 9.83. The van der Waals surface area contributed by atoms with Crippen molar-refractivity contribution in [2.75, 3.05) is 23.7 Å². The molecule has 80 valence electrons. The molecule has 0 radical (unpaired) electrons. The van der Waals surface area contributed by atoms with E-state index in [4.69, 9.17) is 5.73 Å². The molecule has 0 bridgehead atoms. The minimum Gasteiger partial charge on any atom is -0.397 e. The van der Waals surface area contributed by atoms with E-state index < -0.39 is 0 Å². The van der Waals surface area contributed by atoms with Gasteiger partial charge in [0.25, 0.3) is 0 Å². The molecule has 2 heterocycles. The fraction of sp³-hybridized carbons (Fsp3) is 0.500. The molecule has 0 aromatic carbocycles. The molecule has 1 fully saturated rings. The zero-order valence-electron chi connectivity index (χ0n) is 8.27. The first-order chi connectivity index (χ1) is 6.27. The summed E-state index contributed by atoms with van der Waals surface area (Å²) in [6.45, 7) is 4.29. The predicted octanol–water partition coefficient (Wildman–Crippen LogP) is 1.57. The van der Waals surface area contributed by atoms with E-state index >= 15 is 0 Å². The Balaban J connectivity index is 0.000000980. The smallest absolute Gasteiger partial charge is 0.128 e. The minimum absolute atomic E-state index is 0. The van der Waals surface area contributed by atoms with Gasteiger partial charge in [0.05, 0.1) is 11.9 Å². The topological polar surface area (TPSA) is 42.2 Å². The van der Waals surface area contributed by atoms with Gasteiger partial charge in [0.15, 0.2) is 0 Å². The summed E-state index contributed by atoms with van der Waals surface area (Å²) < 4.78 is 0. The summed E-state index contributed by atoms with van der Waals surface area (Å²) in [5, 5.41) is 0. The first kappa shape index (κ1) is 11.5. The number of aryl methyl sites for hydroxylation is 1. The van der Waals surface area contributed by atoms with Crippen molar-refractivity contribution >= 4 is 11.5 Å². The van der Waals surface area contributed by atoms with Gasteiger partial charge in [0.2, 0.25) is 0 Å². The largest absolute Gasteiger partial charge is 0.397 e. The molecule has 1 saturated heterocycles. The molecular weight excluding hydrogens is 269 g/mol. The van der Waals surface area contributed by atoms with Crippen molar-refractivity contribution in [2.45, 2.75) is 19.8 Å². The second-order valence-electron chi connectivity index (χ2n) is 3.59. The number of pyridine rings is 1. The molecule has 1 aromatic heterocycles. The molecule has 2 rings (SSSR count). The van der Waals surface area contributed by atoms with Gasteiger partial charge >= 0.3 is 0 Å². The SMILES string of the molecule is Cc1cc(N2CCCC2)ncc1N.[Pd]. The summed E-state index contributed by atoms with van der Waals surface area (Å²) in [7, 11) is 0. The molecule has 2 N–H and O–H groups in total. The van der Waals surface area contributed by atoms with Crippen LogP contribution in [0.25, 0.3) is 0 Å². The average molecular weight is 284 g/mol. The second-order valence-corrected chi connectivity index (χ2v) is 3.59. The van der Waals surface area contributed by atoms with Gasteiger partial charge in [-0.1, -0.05) is 0 Å². The second kappa shape index (κ2) is 4.77. The van der Waals surface area contributed by atoms with E-state index in [1.54, 1.807) is 6.20 Å². The van der Waals surface area contributed by atoms with E-state index in [-0.39, 0.29) is 20.4 Å². The van der Waals surface area contributed by atoms with Crippen LogP contribution in [0.3, 0.4) is 0 Å². The molecule has 3 nitrogen and oxygen atoms in total. The summed E-state index contributed by atoms with van der Waals surface area (Å²) in [6, 6.07) is 2.07. The van der Waals surface area contributed by atoms with Crippen LogP contribution in [-0.2, 0) is 20.4 Å². The summed E-state index contributed by atoms with van der Waals surface area (Å²) in [4.78, 5) is 6.63. The Morgan fingerprint density at radius 2 is 2.00 bits per heavy atom. The maximum absolute atomic E-state index is 5.71. The Labute approximate surface area is 98.3 Å². The van der Waals surface area contributed by atoms with Crippen LogP contribution < -0.4 is 10.6 Å². The summed E-state index contributed by atoms with van der Waals surface area (Å²) in [5.74, 6) is 1.07.